The summed E-state index contributed by atoms with van der Waals surface area (Å²) in [6.07, 6.45) is 8.78. The Hall–Kier alpha value is -3.57. The van der Waals surface area contributed by atoms with E-state index in [1.54, 1.807) is 36.2 Å². The molecule has 28 heavy (non-hydrogen) atoms. The van der Waals surface area contributed by atoms with Crippen LogP contribution >= 0.6 is 11.9 Å². The maximum atomic E-state index is 13.1. The predicted octanol–water partition coefficient (Wildman–Crippen LogP) is 4.04. The average molecular weight is 391 g/mol. The molecule has 8 heteroatoms. The van der Waals surface area contributed by atoms with Crippen molar-refractivity contribution in [1.29, 1.82) is 0 Å². The van der Waals surface area contributed by atoms with Crippen molar-refractivity contribution in [1.82, 2.24) is 19.6 Å². The summed E-state index contributed by atoms with van der Waals surface area (Å²) in [4.78, 5) is 9.42. The van der Waals surface area contributed by atoms with Gasteiger partial charge in [0.15, 0.2) is 5.65 Å². The molecular weight excluding hydrogens is 377 g/mol. The number of terminal acetylenes is 1. The topological polar surface area (TPSA) is 64.3 Å². The molecule has 0 fully saturated rings. The van der Waals surface area contributed by atoms with Gasteiger partial charge in [0.1, 0.15) is 17.2 Å². The molecule has 0 aliphatic carbocycles. The van der Waals surface area contributed by atoms with E-state index < -0.39 is 0 Å². The number of pyridine rings is 1. The first-order valence-corrected chi connectivity index (χ1v) is 9.04. The monoisotopic (exact) mass is 391 g/mol. The highest BCUT2D eigenvalue weighted by Gasteiger charge is 2.11. The van der Waals surface area contributed by atoms with Gasteiger partial charge in [-0.1, -0.05) is 0 Å². The summed E-state index contributed by atoms with van der Waals surface area (Å²) in [5, 5.41) is 4.56. The molecule has 1 aromatic carbocycles. The van der Waals surface area contributed by atoms with Crippen LogP contribution in [0, 0.1) is 18.2 Å². The molecule has 0 saturated carbocycles. The van der Waals surface area contributed by atoms with Crippen LogP contribution in [0.5, 0.6) is 5.88 Å². The van der Waals surface area contributed by atoms with E-state index >= 15 is 0 Å². The number of anilines is 1. The van der Waals surface area contributed by atoms with Gasteiger partial charge in [0.2, 0.25) is 5.88 Å². The van der Waals surface area contributed by atoms with Crippen LogP contribution in [-0.2, 0) is 0 Å². The summed E-state index contributed by atoms with van der Waals surface area (Å²) in [5.41, 5.74) is 3.37. The first kappa shape index (κ1) is 17.8. The maximum Gasteiger partial charge on any atom is 0.237 e. The lowest BCUT2D eigenvalue weighted by molar-refractivity contribution is 0.400. The molecule has 6 nitrogen and oxygen atoms in total. The van der Waals surface area contributed by atoms with Crippen molar-refractivity contribution in [3.8, 4) is 29.5 Å². The van der Waals surface area contributed by atoms with Gasteiger partial charge in [0.25, 0.3) is 0 Å². The maximum absolute atomic E-state index is 13.1. The number of methoxy groups -OCH3 is 1. The van der Waals surface area contributed by atoms with E-state index in [1.807, 2.05) is 18.2 Å². The zero-order valence-corrected chi connectivity index (χ0v) is 15.6. The Morgan fingerprint density at radius 3 is 2.71 bits per heavy atom. The normalized spacial score (nSPS) is 10.6. The summed E-state index contributed by atoms with van der Waals surface area (Å²) >= 11 is 1.33. The number of rotatable bonds is 5. The Kier molecular flexibility index (Phi) is 4.83. The van der Waals surface area contributed by atoms with Crippen molar-refractivity contribution in [2.24, 2.45) is 0 Å². The molecule has 3 aromatic heterocycles. The van der Waals surface area contributed by atoms with Gasteiger partial charge in [-0.2, -0.15) is 5.10 Å². The smallest absolute Gasteiger partial charge is 0.237 e. The fourth-order valence-electron chi connectivity index (χ4n) is 2.57. The molecule has 0 unspecified atom stereocenters. The van der Waals surface area contributed by atoms with Crippen LogP contribution in [0.4, 0.5) is 10.1 Å². The average Bonchev–Trinajstić information content (AvgIpc) is 3.15. The summed E-state index contributed by atoms with van der Waals surface area (Å²) in [7, 11) is 1.55. The van der Waals surface area contributed by atoms with Crippen LogP contribution in [-0.4, -0.2) is 26.7 Å². The number of aromatic nitrogens is 4. The molecule has 4 aromatic rings. The molecule has 0 bridgehead atoms. The first-order chi connectivity index (χ1) is 13.7. The molecule has 0 aliphatic heterocycles. The third kappa shape index (κ3) is 3.48. The van der Waals surface area contributed by atoms with Crippen LogP contribution in [0.3, 0.4) is 0 Å². The standard InChI is InChI=1S/C20H14FN5OS/c1-3-15-12-22-19-9-8-17(24-26(15)19)13-10-18(20(27-2)23-11-13)25-28-16-6-4-14(21)5-7-16/h1,4-12,25H,2H3. The quantitative estimate of drug-likeness (QED) is 0.409. The van der Waals surface area contributed by atoms with Crippen LogP contribution < -0.4 is 9.46 Å². The molecule has 0 radical (unpaired) electrons. The van der Waals surface area contributed by atoms with E-state index in [-0.39, 0.29) is 5.82 Å². The largest absolute Gasteiger partial charge is 0.480 e. The molecule has 1 N–H and O–H groups in total. The van der Waals surface area contributed by atoms with E-state index in [0.29, 0.717) is 28.6 Å². The van der Waals surface area contributed by atoms with E-state index in [0.717, 1.165) is 10.5 Å². The molecule has 138 valence electrons. The molecule has 0 amide bonds. The molecule has 0 aliphatic rings. The van der Waals surface area contributed by atoms with Gasteiger partial charge in [0.05, 0.1) is 19.0 Å². The van der Waals surface area contributed by atoms with Crippen LogP contribution in [0.25, 0.3) is 16.9 Å². The van der Waals surface area contributed by atoms with Crippen molar-refractivity contribution in [2.75, 3.05) is 11.8 Å². The van der Waals surface area contributed by atoms with Crippen LogP contribution in [0.1, 0.15) is 5.69 Å². The van der Waals surface area contributed by atoms with Gasteiger partial charge < -0.3 is 9.46 Å². The van der Waals surface area contributed by atoms with Gasteiger partial charge >= 0.3 is 0 Å². The Labute approximate surface area is 164 Å². The minimum absolute atomic E-state index is 0.280. The summed E-state index contributed by atoms with van der Waals surface area (Å²) < 4.78 is 23.2. The van der Waals surface area contributed by atoms with Crippen molar-refractivity contribution in [3.63, 3.8) is 0 Å². The first-order valence-electron chi connectivity index (χ1n) is 8.22. The number of imidazole rings is 1. The second kappa shape index (κ2) is 7.58. The second-order valence-electron chi connectivity index (χ2n) is 5.72. The molecule has 0 atom stereocenters. The van der Waals surface area contributed by atoms with E-state index in [9.17, 15) is 4.39 Å². The number of ether oxygens (including phenoxy) is 1. The van der Waals surface area contributed by atoms with Crippen molar-refractivity contribution < 1.29 is 9.13 Å². The van der Waals surface area contributed by atoms with E-state index in [2.05, 4.69) is 25.7 Å². The van der Waals surface area contributed by atoms with Crippen molar-refractivity contribution in [2.45, 2.75) is 4.90 Å². The number of halogens is 1. The highest BCUT2D eigenvalue weighted by molar-refractivity contribution is 8.00. The lowest BCUT2D eigenvalue weighted by atomic mass is 10.2. The number of benzene rings is 1. The Balaban J connectivity index is 1.66. The third-order valence-corrected chi connectivity index (χ3v) is 4.77. The lowest BCUT2D eigenvalue weighted by Crippen LogP contribution is -1.99. The lowest BCUT2D eigenvalue weighted by Gasteiger charge is -2.11. The summed E-state index contributed by atoms with van der Waals surface area (Å²) in [6.45, 7) is 0. The van der Waals surface area contributed by atoms with Gasteiger partial charge in [-0.3, -0.25) is 0 Å². The fraction of sp³-hybridized carbons (Fsp3) is 0.0500. The van der Waals surface area contributed by atoms with Gasteiger partial charge in [-0.05, 0) is 60.3 Å². The molecular formula is C20H14FN5OS. The van der Waals surface area contributed by atoms with Gasteiger partial charge in [-0.15, -0.1) is 6.42 Å². The molecule has 4 rings (SSSR count). The predicted molar refractivity (Wildman–Crippen MR) is 107 cm³/mol. The third-order valence-electron chi connectivity index (χ3n) is 3.94. The second-order valence-corrected chi connectivity index (χ2v) is 6.59. The number of hydrogen-bond acceptors (Lipinski definition) is 6. The van der Waals surface area contributed by atoms with Crippen molar-refractivity contribution in [3.05, 3.63) is 66.4 Å². The number of nitrogens with zero attached hydrogens (tertiary/aromatic N) is 4. The van der Waals surface area contributed by atoms with E-state index in [1.165, 1.54) is 24.1 Å². The zero-order chi connectivity index (χ0) is 19.5. The summed E-state index contributed by atoms with van der Waals surface area (Å²) in [5.74, 6) is 2.72. The molecule has 0 spiro atoms. The Morgan fingerprint density at radius 2 is 1.96 bits per heavy atom. The number of hydrogen-bond donors (Lipinski definition) is 1. The molecule has 3 heterocycles. The van der Waals surface area contributed by atoms with Crippen LogP contribution in [0.15, 0.2) is 59.8 Å². The number of fused-ring (bicyclic) bond motifs is 1. The zero-order valence-electron chi connectivity index (χ0n) is 14.8. The minimum atomic E-state index is -0.280. The van der Waals surface area contributed by atoms with Crippen LogP contribution in [0.2, 0.25) is 0 Å². The van der Waals surface area contributed by atoms with Crippen molar-refractivity contribution >= 4 is 23.3 Å². The highest BCUT2D eigenvalue weighted by Crippen LogP contribution is 2.31. The van der Waals surface area contributed by atoms with Gasteiger partial charge in [0, 0.05) is 16.7 Å². The molecule has 0 saturated heterocycles. The SMILES string of the molecule is C#Cc1cnc2ccc(-c3cnc(OC)c(NSc4ccc(F)cc4)c3)nn12. The Morgan fingerprint density at radius 1 is 1.14 bits per heavy atom. The summed E-state index contributed by atoms with van der Waals surface area (Å²) in [6, 6.07) is 11.8. The van der Waals surface area contributed by atoms with E-state index in [4.69, 9.17) is 11.2 Å². The fourth-order valence-corrected chi connectivity index (χ4v) is 3.22. The highest BCUT2D eigenvalue weighted by atomic mass is 32.2. The van der Waals surface area contributed by atoms with Gasteiger partial charge in [-0.25, -0.2) is 18.9 Å². The number of nitrogens with one attached hydrogen (secondary N) is 1. The Bertz CT molecular complexity index is 1180. The minimum Gasteiger partial charge on any atom is -0.480 e.